The summed E-state index contributed by atoms with van der Waals surface area (Å²) < 4.78 is 0. The van der Waals surface area contributed by atoms with Crippen LogP contribution in [-0.4, -0.2) is 16.1 Å². The van der Waals surface area contributed by atoms with Crippen molar-refractivity contribution >= 4 is 5.97 Å². The van der Waals surface area contributed by atoms with Crippen LogP contribution in [0.3, 0.4) is 0 Å². The van der Waals surface area contributed by atoms with Crippen LogP contribution < -0.4 is 0 Å². The van der Waals surface area contributed by atoms with Crippen molar-refractivity contribution in [1.82, 2.24) is 4.98 Å². The summed E-state index contributed by atoms with van der Waals surface area (Å²) in [6, 6.07) is 14.4. The van der Waals surface area contributed by atoms with E-state index in [0.717, 1.165) is 16.8 Å². The zero-order valence-electron chi connectivity index (χ0n) is 9.26. The Kier molecular flexibility index (Phi) is 3.50. The summed E-state index contributed by atoms with van der Waals surface area (Å²) in [5.41, 5.74) is 2.81. The molecule has 17 heavy (non-hydrogen) atoms. The Morgan fingerprint density at radius 3 is 2.65 bits per heavy atom. The lowest BCUT2D eigenvalue weighted by Crippen LogP contribution is -1.97. The summed E-state index contributed by atoms with van der Waals surface area (Å²) in [4.78, 5) is 14.6. The first-order chi connectivity index (χ1) is 8.25. The normalized spacial score (nSPS) is 10.1. The summed E-state index contributed by atoms with van der Waals surface area (Å²) in [7, 11) is 0. The Hall–Kier alpha value is -2.16. The Balaban J connectivity index is 2.11. The molecule has 0 unspecified atom stereocenters. The van der Waals surface area contributed by atoms with E-state index in [1.165, 1.54) is 0 Å². The number of benzene rings is 1. The lowest BCUT2D eigenvalue weighted by atomic mass is 10.1. The SMILES string of the molecule is O=C(O)CCc1ccc(-c2[c]cccn2)cc1. The van der Waals surface area contributed by atoms with Crippen molar-refractivity contribution in [2.24, 2.45) is 0 Å². The van der Waals surface area contributed by atoms with Crippen molar-refractivity contribution in [2.45, 2.75) is 12.8 Å². The van der Waals surface area contributed by atoms with Crippen molar-refractivity contribution in [3.05, 3.63) is 54.2 Å². The molecule has 0 saturated heterocycles. The minimum atomic E-state index is -0.771. The average molecular weight is 226 g/mol. The van der Waals surface area contributed by atoms with Crippen molar-refractivity contribution in [3.63, 3.8) is 0 Å². The topological polar surface area (TPSA) is 50.2 Å². The molecule has 3 heteroatoms. The van der Waals surface area contributed by atoms with E-state index < -0.39 is 5.97 Å². The van der Waals surface area contributed by atoms with Gasteiger partial charge in [-0.15, -0.1) is 0 Å². The molecule has 3 nitrogen and oxygen atoms in total. The van der Waals surface area contributed by atoms with E-state index in [0.29, 0.717) is 6.42 Å². The van der Waals surface area contributed by atoms with Crippen LogP contribution in [0.25, 0.3) is 11.3 Å². The van der Waals surface area contributed by atoms with Gasteiger partial charge < -0.3 is 5.11 Å². The number of hydrogen-bond acceptors (Lipinski definition) is 2. The molecule has 85 valence electrons. The molecule has 1 aromatic carbocycles. The Morgan fingerprint density at radius 2 is 2.06 bits per heavy atom. The fourth-order valence-electron chi connectivity index (χ4n) is 1.56. The Bertz CT molecular complexity index is 491. The molecule has 0 aliphatic carbocycles. The molecule has 0 aliphatic heterocycles. The van der Waals surface area contributed by atoms with Crippen LogP contribution in [0.4, 0.5) is 0 Å². The number of aliphatic carboxylic acids is 1. The summed E-state index contributed by atoms with van der Waals surface area (Å²) in [5, 5.41) is 8.59. The first-order valence-electron chi connectivity index (χ1n) is 5.39. The molecule has 1 heterocycles. The van der Waals surface area contributed by atoms with Crippen LogP contribution in [0, 0.1) is 6.07 Å². The molecule has 2 aromatic rings. The highest BCUT2D eigenvalue weighted by molar-refractivity contribution is 5.67. The standard InChI is InChI=1S/C14H12NO2/c16-14(17)9-6-11-4-7-12(8-5-11)13-3-1-2-10-15-13/h1-2,4-5,7-8,10H,6,9H2,(H,16,17). The van der Waals surface area contributed by atoms with Gasteiger partial charge in [0.2, 0.25) is 0 Å². The van der Waals surface area contributed by atoms with Gasteiger partial charge in [-0.05, 0) is 18.1 Å². The van der Waals surface area contributed by atoms with Gasteiger partial charge in [-0.3, -0.25) is 9.78 Å². The van der Waals surface area contributed by atoms with E-state index in [2.05, 4.69) is 11.1 Å². The minimum Gasteiger partial charge on any atom is -0.481 e. The van der Waals surface area contributed by atoms with Gasteiger partial charge in [-0.2, -0.15) is 0 Å². The van der Waals surface area contributed by atoms with E-state index >= 15 is 0 Å². The molecular weight excluding hydrogens is 214 g/mol. The summed E-state index contributed by atoms with van der Waals surface area (Å²) in [6.07, 6.45) is 2.45. The molecule has 0 atom stereocenters. The van der Waals surface area contributed by atoms with Crippen LogP contribution in [0.5, 0.6) is 0 Å². The van der Waals surface area contributed by atoms with Crippen molar-refractivity contribution in [2.75, 3.05) is 0 Å². The molecule has 1 radical (unpaired) electrons. The monoisotopic (exact) mass is 226 g/mol. The molecular formula is C14H12NO2. The lowest BCUT2D eigenvalue weighted by Gasteiger charge is -2.02. The highest BCUT2D eigenvalue weighted by atomic mass is 16.4. The fourth-order valence-corrected chi connectivity index (χ4v) is 1.56. The number of carboxylic acids is 1. The maximum Gasteiger partial charge on any atom is 0.303 e. The van der Waals surface area contributed by atoms with Crippen molar-refractivity contribution in [3.8, 4) is 11.3 Å². The molecule has 0 spiro atoms. The van der Waals surface area contributed by atoms with E-state index in [1.54, 1.807) is 6.20 Å². The Labute approximate surface area is 99.8 Å². The maximum absolute atomic E-state index is 10.4. The number of hydrogen-bond donors (Lipinski definition) is 1. The molecule has 0 fully saturated rings. The van der Waals surface area contributed by atoms with Gasteiger partial charge in [-0.1, -0.05) is 30.3 Å². The first-order valence-corrected chi connectivity index (χ1v) is 5.39. The third kappa shape index (κ3) is 3.14. The largest absolute Gasteiger partial charge is 0.481 e. The second-order valence-electron chi connectivity index (χ2n) is 3.72. The average Bonchev–Trinajstić information content (AvgIpc) is 2.38. The highest BCUT2D eigenvalue weighted by Crippen LogP contribution is 2.16. The summed E-state index contributed by atoms with van der Waals surface area (Å²) in [5.74, 6) is -0.771. The van der Waals surface area contributed by atoms with Gasteiger partial charge in [-0.25, -0.2) is 0 Å². The van der Waals surface area contributed by atoms with Crippen LogP contribution in [-0.2, 0) is 11.2 Å². The second kappa shape index (κ2) is 5.25. The molecule has 0 amide bonds. The minimum absolute atomic E-state index is 0.162. The quantitative estimate of drug-likeness (QED) is 0.871. The maximum atomic E-state index is 10.4. The third-order valence-electron chi connectivity index (χ3n) is 2.46. The fraction of sp³-hybridized carbons (Fsp3) is 0.143. The summed E-state index contributed by atoms with van der Waals surface area (Å²) >= 11 is 0. The van der Waals surface area contributed by atoms with E-state index in [-0.39, 0.29) is 6.42 Å². The van der Waals surface area contributed by atoms with Gasteiger partial charge in [0.25, 0.3) is 0 Å². The van der Waals surface area contributed by atoms with Gasteiger partial charge in [0, 0.05) is 24.2 Å². The molecule has 0 bridgehead atoms. The first kappa shape index (κ1) is 11.3. The Morgan fingerprint density at radius 1 is 1.29 bits per heavy atom. The molecule has 0 saturated carbocycles. The van der Waals surface area contributed by atoms with E-state index in [4.69, 9.17) is 5.11 Å². The lowest BCUT2D eigenvalue weighted by molar-refractivity contribution is -0.136. The van der Waals surface area contributed by atoms with Gasteiger partial charge in [0.15, 0.2) is 0 Å². The highest BCUT2D eigenvalue weighted by Gasteiger charge is 2.01. The second-order valence-corrected chi connectivity index (χ2v) is 3.72. The van der Waals surface area contributed by atoms with Crippen molar-refractivity contribution in [1.29, 1.82) is 0 Å². The van der Waals surface area contributed by atoms with Crippen LogP contribution in [0.1, 0.15) is 12.0 Å². The van der Waals surface area contributed by atoms with Gasteiger partial charge >= 0.3 is 5.97 Å². The van der Waals surface area contributed by atoms with Crippen LogP contribution >= 0.6 is 0 Å². The van der Waals surface area contributed by atoms with Crippen LogP contribution in [0.2, 0.25) is 0 Å². The zero-order chi connectivity index (χ0) is 12.1. The number of pyridine rings is 1. The van der Waals surface area contributed by atoms with Gasteiger partial charge in [0.1, 0.15) is 0 Å². The zero-order valence-corrected chi connectivity index (χ0v) is 9.26. The van der Waals surface area contributed by atoms with Crippen molar-refractivity contribution < 1.29 is 9.90 Å². The molecule has 2 rings (SSSR count). The third-order valence-corrected chi connectivity index (χ3v) is 2.46. The summed E-state index contributed by atoms with van der Waals surface area (Å²) in [6.45, 7) is 0. The van der Waals surface area contributed by atoms with E-state index in [9.17, 15) is 4.79 Å². The number of carboxylic acid groups (broad SMARTS) is 1. The number of aromatic nitrogens is 1. The molecule has 1 aromatic heterocycles. The smallest absolute Gasteiger partial charge is 0.303 e. The predicted molar refractivity (Wildman–Crippen MR) is 64.5 cm³/mol. The predicted octanol–water partition coefficient (Wildman–Crippen LogP) is 2.57. The van der Waals surface area contributed by atoms with Gasteiger partial charge in [0.05, 0.1) is 5.69 Å². The number of aryl methyl sites for hydroxylation is 1. The number of carbonyl (C=O) groups is 1. The molecule has 0 aliphatic rings. The number of rotatable bonds is 4. The molecule has 1 N–H and O–H groups in total. The van der Waals surface area contributed by atoms with E-state index in [1.807, 2.05) is 36.4 Å². The number of nitrogens with zero attached hydrogens (tertiary/aromatic N) is 1. The van der Waals surface area contributed by atoms with Crippen LogP contribution in [0.15, 0.2) is 42.6 Å².